The molecule has 5 nitrogen and oxygen atoms in total. The number of aromatic nitrogens is 2. The highest BCUT2D eigenvalue weighted by Crippen LogP contribution is 2.25. The number of carbonyl (C=O) groups excluding carboxylic acids is 1. The van der Waals surface area contributed by atoms with Crippen molar-refractivity contribution in [3.63, 3.8) is 0 Å². The SMILES string of the molecule is CCCCCCCCOC(=O)c1cc(/C=C/c2c(Cl)cncc2Cl)on1. The van der Waals surface area contributed by atoms with Crippen molar-refractivity contribution in [3.8, 4) is 0 Å². The van der Waals surface area contributed by atoms with Crippen LogP contribution in [0.5, 0.6) is 0 Å². The largest absolute Gasteiger partial charge is 0.461 e. The van der Waals surface area contributed by atoms with E-state index >= 15 is 0 Å². The first-order valence-electron chi connectivity index (χ1n) is 8.72. The van der Waals surface area contributed by atoms with Gasteiger partial charge in [0.05, 0.1) is 16.7 Å². The molecule has 0 saturated carbocycles. The van der Waals surface area contributed by atoms with Crippen LogP contribution in [0.25, 0.3) is 12.2 Å². The molecular weight excluding hydrogens is 375 g/mol. The van der Waals surface area contributed by atoms with Gasteiger partial charge in [0.1, 0.15) is 0 Å². The second-order valence-corrected chi connectivity index (χ2v) is 6.68. The van der Waals surface area contributed by atoms with Crippen molar-refractivity contribution in [3.05, 3.63) is 45.5 Å². The lowest BCUT2D eigenvalue weighted by atomic mass is 10.1. The third-order valence-corrected chi connectivity index (χ3v) is 4.38. The lowest BCUT2D eigenvalue weighted by Gasteiger charge is -2.02. The van der Waals surface area contributed by atoms with Crippen LogP contribution in [0.3, 0.4) is 0 Å². The van der Waals surface area contributed by atoms with Crippen LogP contribution >= 0.6 is 23.2 Å². The van der Waals surface area contributed by atoms with Crippen LogP contribution in [0.1, 0.15) is 67.3 Å². The van der Waals surface area contributed by atoms with E-state index in [9.17, 15) is 4.79 Å². The molecule has 0 spiro atoms. The van der Waals surface area contributed by atoms with E-state index < -0.39 is 5.97 Å². The van der Waals surface area contributed by atoms with Gasteiger partial charge in [0.25, 0.3) is 0 Å². The molecule has 0 atom stereocenters. The van der Waals surface area contributed by atoms with Gasteiger partial charge in [0.15, 0.2) is 11.5 Å². The summed E-state index contributed by atoms with van der Waals surface area (Å²) in [7, 11) is 0. The number of unbranched alkanes of at least 4 members (excludes halogenated alkanes) is 5. The zero-order valence-corrected chi connectivity index (χ0v) is 16.2. The summed E-state index contributed by atoms with van der Waals surface area (Å²) < 4.78 is 10.3. The first-order chi connectivity index (χ1) is 12.6. The minimum atomic E-state index is -0.484. The van der Waals surface area contributed by atoms with E-state index in [1.165, 1.54) is 44.1 Å². The monoisotopic (exact) mass is 396 g/mol. The maximum Gasteiger partial charge on any atom is 0.360 e. The van der Waals surface area contributed by atoms with E-state index in [0.717, 1.165) is 12.8 Å². The van der Waals surface area contributed by atoms with Gasteiger partial charge in [-0.3, -0.25) is 4.98 Å². The molecule has 0 aliphatic rings. The zero-order valence-electron chi connectivity index (χ0n) is 14.7. The molecule has 0 aliphatic heterocycles. The van der Waals surface area contributed by atoms with Crippen LogP contribution in [0, 0.1) is 0 Å². The second kappa shape index (κ2) is 11.0. The Morgan fingerprint density at radius 2 is 1.81 bits per heavy atom. The molecule has 0 amide bonds. The van der Waals surface area contributed by atoms with Crippen molar-refractivity contribution < 1.29 is 14.1 Å². The Hall–Kier alpha value is -1.85. The Balaban J connectivity index is 1.81. The van der Waals surface area contributed by atoms with E-state index in [1.54, 1.807) is 12.2 Å². The van der Waals surface area contributed by atoms with Gasteiger partial charge in [-0.15, -0.1) is 0 Å². The van der Waals surface area contributed by atoms with Gasteiger partial charge in [0, 0.05) is 24.0 Å². The van der Waals surface area contributed by atoms with Gasteiger partial charge in [-0.2, -0.15) is 0 Å². The number of nitrogens with zero attached hydrogens (tertiary/aromatic N) is 2. The lowest BCUT2D eigenvalue weighted by Crippen LogP contribution is -2.06. The molecule has 0 saturated heterocycles. The summed E-state index contributed by atoms with van der Waals surface area (Å²) in [6.07, 6.45) is 13.1. The van der Waals surface area contributed by atoms with Crippen LogP contribution in [0.4, 0.5) is 0 Å². The number of pyridine rings is 1. The molecule has 140 valence electrons. The predicted molar refractivity (Wildman–Crippen MR) is 103 cm³/mol. The van der Waals surface area contributed by atoms with Crippen molar-refractivity contribution in [1.82, 2.24) is 10.1 Å². The highest BCUT2D eigenvalue weighted by molar-refractivity contribution is 6.37. The number of hydrogen-bond acceptors (Lipinski definition) is 5. The van der Waals surface area contributed by atoms with Gasteiger partial charge in [-0.05, 0) is 18.6 Å². The van der Waals surface area contributed by atoms with Crippen LogP contribution in [-0.2, 0) is 4.74 Å². The molecule has 0 radical (unpaired) electrons. The molecule has 2 aromatic heterocycles. The van der Waals surface area contributed by atoms with E-state index in [0.29, 0.717) is 28.0 Å². The zero-order chi connectivity index (χ0) is 18.8. The van der Waals surface area contributed by atoms with E-state index in [2.05, 4.69) is 17.1 Å². The van der Waals surface area contributed by atoms with Crippen LogP contribution in [0.15, 0.2) is 23.0 Å². The Morgan fingerprint density at radius 1 is 1.12 bits per heavy atom. The quantitative estimate of drug-likeness (QED) is 0.360. The summed E-state index contributed by atoms with van der Waals surface area (Å²) in [6.45, 7) is 2.58. The molecule has 2 aromatic rings. The highest BCUT2D eigenvalue weighted by Gasteiger charge is 2.13. The van der Waals surface area contributed by atoms with Gasteiger partial charge in [0.2, 0.25) is 0 Å². The third kappa shape index (κ3) is 6.46. The summed E-state index contributed by atoms with van der Waals surface area (Å²) in [4.78, 5) is 15.8. The number of halogens is 2. The Morgan fingerprint density at radius 3 is 2.54 bits per heavy atom. The minimum absolute atomic E-state index is 0.141. The van der Waals surface area contributed by atoms with Crippen molar-refractivity contribution in [2.75, 3.05) is 6.61 Å². The summed E-state index contributed by atoms with van der Waals surface area (Å²) >= 11 is 12.1. The summed E-state index contributed by atoms with van der Waals surface area (Å²) in [5.74, 6) is -0.0811. The third-order valence-electron chi connectivity index (χ3n) is 3.77. The lowest BCUT2D eigenvalue weighted by molar-refractivity contribution is 0.0486. The molecule has 2 heterocycles. The van der Waals surface area contributed by atoms with Crippen LogP contribution < -0.4 is 0 Å². The number of rotatable bonds is 10. The number of esters is 1. The van der Waals surface area contributed by atoms with Crippen molar-refractivity contribution in [2.24, 2.45) is 0 Å². The number of carbonyl (C=O) groups is 1. The molecule has 0 fully saturated rings. The first-order valence-corrected chi connectivity index (χ1v) is 9.48. The molecule has 26 heavy (non-hydrogen) atoms. The van der Waals surface area contributed by atoms with Crippen molar-refractivity contribution >= 4 is 41.3 Å². The minimum Gasteiger partial charge on any atom is -0.461 e. The Bertz CT molecular complexity index is 724. The van der Waals surface area contributed by atoms with Crippen LogP contribution in [-0.4, -0.2) is 22.7 Å². The summed E-state index contributed by atoms with van der Waals surface area (Å²) in [5, 5.41) is 4.58. The fourth-order valence-corrected chi connectivity index (χ4v) is 2.82. The maximum absolute atomic E-state index is 12.0. The van der Waals surface area contributed by atoms with Crippen LogP contribution in [0.2, 0.25) is 10.0 Å². The molecule has 0 aliphatic carbocycles. The Kier molecular flexibility index (Phi) is 8.65. The standard InChI is InChI=1S/C19H22Cl2N2O3/c1-2-3-4-5-6-7-10-25-19(24)18-11-14(26-23-18)8-9-15-16(20)12-22-13-17(15)21/h8-9,11-13H,2-7,10H2,1H3/b9-8+. The molecule has 7 heteroatoms. The van der Waals surface area contributed by atoms with Gasteiger partial charge in [-0.25, -0.2) is 4.79 Å². The smallest absolute Gasteiger partial charge is 0.360 e. The first kappa shape index (κ1) is 20.5. The molecule has 2 rings (SSSR count). The summed E-state index contributed by atoms with van der Waals surface area (Å²) in [5.41, 5.74) is 0.759. The van der Waals surface area contributed by atoms with E-state index in [4.69, 9.17) is 32.5 Å². The van der Waals surface area contributed by atoms with Gasteiger partial charge < -0.3 is 9.26 Å². The van der Waals surface area contributed by atoms with Gasteiger partial charge in [-0.1, -0.05) is 67.4 Å². The highest BCUT2D eigenvalue weighted by atomic mass is 35.5. The maximum atomic E-state index is 12.0. The van der Waals surface area contributed by atoms with E-state index in [-0.39, 0.29) is 5.69 Å². The fraction of sp³-hybridized carbons (Fsp3) is 0.421. The van der Waals surface area contributed by atoms with Crippen molar-refractivity contribution in [1.29, 1.82) is 0 Å². The molecular formula is C19H22Cl2N2O3. The van der Waals surface area contributed by atoms with E-state index in [1.807, 2.05) is 0 Å². The Labute approximate surface area is 163 Å². The predicted octanol–water partition coefficient (Wildman–Crippen LogP) is 6.06. The number of hydrogen-bond donors (Lipinski definition) is 0. The molecule has 0 bridgehead atoms. The molecule has 0 N–H and O–H groups in total. The summed E-state index contributed by atoms with van der Waals surface area (Å²) in [6, 6.07) is 1.52. The van der Waals surface area contributed by atoms with Crippen molar-refractivity contribution in [2.45, 2.75) is 45.4 Å². The molecule has 0 unspecified atom stereocenters. The number of ether oxygens (including phenoxy) is 1. The fourth-order valence-electron chi connectivity index (χ4n) is 2.33. The normalized spacial score (nSPS) is 11.2. The average Bonchev–Trinajstić information content (AvgIpc) is 3.09. The average molecular weight is 397 g/mol. The van der Waals surface area contributed by atoms with Gasteiger partial charge >= 0.3 is 5.97 Å². The topological polar surface area (TPSA) is 65.2 Å². The molecule has 0 aromatic carbocycles. The second-order valence-electron chi connectivity index (χ2n) is 5.87.